The zero-order chi connectivity index (χ0) is 19.8. The lowest BCUT2D eigenvalue weighted by atomic mass is 10.2. The van der Waals surface area contributed by atoms with Gasteiger partial charge in [-0.05, 0) is 18.6 Å². The van der Waals surface area contributed by atoms with Gasteiger partial charge in [0.15, 0.2) is 0 Å². The highest BCUT2D eigenvalue weighted by atomic mass is 32.1. The summed E-state index contributed by atoms with van der Waals surface area (Å²) < 4.78 is 5.47. The van der Waals surface area contributed by atoms with E-state index in [1.54, 1.807) is 6.20 Å². The largest absolute Gasteiger partial charge is 0.378 e. The van der Waals surface area contributed by atoms with Crippen molar-refractivity contribution < 1.29 is 9.53 Å². The Morgan fingerprint density at radius 3 is 2.76 bits per heavy atom. The molecule has 0 bridgehead atoms. The maximum absolute atomic E-state index is 11.6. The summed E-state index contributed by atoms with van der Waals surface area (Å²) in [5, 5.41) is 0.681. The number of nitrogens with two attached hydrogens (primary N) is 1. The molecule has 0 saturated carbocycles. The van der Waals surface area contributed by atoms with Gasteiger partial charge in [0.2, 0.25) is 5.95 Å². The number of primary amides is 1. The van der Waals surface area contributed by atoms with Gasteiger partial charge < -0.3 is 20.3 Å². The first-order valence-electron chi connectivity index (χ1n) is 9.38. The predicted molar refractivity (Wildman–Crippen MR) is 110 cm³/mol. The Balaban J connectivity index is 1.64. The van der Waals surface area contributed by atoms with Crippen LogP contribution in [-0.4, -0.2) is 58.7 Å². The molecular weight excluding hydrogens is 390 g/mol. The van der Waals surface area contributed by atoms with E-state index in [1.807, 2.05) is 18.3 Å². The maximum atomic E-state index is 11.6. The number of morpholine rings is 1. The van der Waals surface area contributed by atoms with Crippen LogP contribution in [-0.2, 0) is 11.2 Å². The Labute approximate surface area is 171 Å². The molecule has 3 aromatic heterocycles. The van der Waals surface area contributed by atoms with Crippen LogP contribution in [0.1, 0.15) is 15.2 Å². The Morgan fingerprint density at radius 1 is 1.17 bits per heavy atom. The molecule has 5 heterocycles. The van der Waals surface area contributed by atoms with Crippen LogP contribution in [0.15, 0.2) is 30.7 Å². The van der Waals surface area contributed by atoms with Crippen molar-refractivity contribution in [3.8, 4) is 10.7 Å². The topological polar surface area (TPSA) is 110 Å². The zero-order valence-corrected chi connectivity index (χ0v) is 16.4. The molecule has 9 nitrogen and oxygen atoms in total. The average Bonchev–Trinajstić information content (AvgIpc) is 3.42. The molecule has 1 amide bonds. The van der Waals surface area contributed by atoms with Crippen molar-refractivity contribution in [1.29, 1.82) is 0 Å². The summed E-state index contributed by atoms with van der Waals surface area (Å²) >= 11 is 1.26. The van der Waals surface area contributed by atoms with Gasteiger partial charge in [-0.1, -0.05) is 0 Å². The molecule has 1 saturated heterocycles. The molecule has 0 atom stereocenters. The van der Waals surface area contributed by atoms with Crippen molar-refractivity contribution >= 4 is 34.7 Å². The summed E-state index contributed by atoms with van der Waals surface area (Å²) in [7, 11) is 0. The van der Waals surface area contributed by atoms with E-state index >= 15 is 0 Å². The second-order valence-corrected chi connectivity index (χ2v) is 7.81. The van der Waals surface area contributed by atoms with Gasteiger partial charge in [0.05, 0.1) is 31.3 Å². The Morgan fingerprint density at radius 2 is 2.03 bits per heavy atom. The molecule has 0 spiro atoms. The molecule has 2 N–H and O–H groups in total. The number of ether oxygens (including phenoxy) is 1. The molecule has 0 aliphatic carbocycles. The summed E-state index contributed by atoms with van der Waals surface area (Å²) in [5.41, 5.74) is 8.20. The highest BCUT2D eigenvalue weighted by Crippen LogP contribution is 2.40. The highest BCUT2D eigenvalue weighted by molar-refractivity contribution is 7.16. The number of carbonyl (C=O) groups excluding carboxylic acids is 1. The maximum Gasteiger partial charge on any atom is 0.260 e. The number of pyridine rings is 1. The molecule has 0 aromatic carbocycles. The molecule has 29 heavy (non-hydrogen) atoms. The van der Waals surface area contributed by atoms with E-state index in [0.29, 0.717) is 29.0 Å². The van der Waals surface area contributed by atoms with Crippen molar-refractivity contribution in [2.24, 2.45) is 5.73 Å². The SMILES string of the molecule is NC(=O)c1cnc(-c2nc(N3CCOCC3)nc3c2CCN3c2cccnc2)s1. The van der Waals surface area contributed by atoms with Gasteiger partial charge in [-0.3, -0.25) is 9.78 Å². The van der Waals surface area contributed by atoms with Crippen molar-refractivity contribution in [3.63, 3.8) is 0 Å². The second kappa shape index (κ2) is 7.37. The number of hydrogen-bond donors (Lipinski definition) is 1. The van der Waals surface area contributed by atoms with Crippen LogP contribution in [0.25, 0.3) is 10.7 Å². The summed E-state index contributed by atoms with van der Waals surface area (Å²) in [5.74, 6) is 1.03. The third kappa shape index (κ3) is 3.30. The van der Waals surface area contributed by atoms with E-state index in [9.17, 15) is 4.79 Å². The normalized spacial score (nSPS) is 16.1. The van der Waals surface area contributed by atoms with Gasteiger partial charge in [0.25, 0.3) is 5.91 Å². The summed E-state index contributed by atoms with van der Waals surface area (Å²) in [4.78, 5) is 34.7. The molecule has 10 heteroatoms. The number of nitrogens with zero attached hydrogens (tertiary/aromatic N) is 6. The number of aromatic nitrogens is 4. The molecule has 2 aliphatic rings. The predicted octanol–water partition coefficient (Wildman–Crippen LogP) is 1.62. The first-order valence-corrected chi connectivity index (χ1v) is 10.2. The van der Waals surface area contributed by atoms with Gasteiger partial charge in [0.1, 0.15) is 21.4 Å². The Kier molecular flexibility index (Phi) is 4.57. The molecule has 0 radical (unpaired) electrons. The number of thiazole rings is 1. The lowest BCUT2D eigenvalue weighted by Crippen LogP contribution is -2.37. The summed E-state index contributed by atoms with van der Waals surface area (Å²) in [6.07, 6.45) is 5.89. The number of carbonyl (C=O) groups is 1. The van der Waals surface area contributed by atoms with Crippen LogP contribution in [0, 0.1) is 0 Å². The van der Waals surface area contributed by atoms with Crippen LogP contribution in [0.5, 0.6) is 0 Å². The van der Waals surface area contributed by atoms with Crippen LogP contribution in [0.2, 0.25) is 0 Å². The lowest BCUT2D eigenvalue weighted by molar-refractivity contribution is 0.100. The second-order valence-electron chi connectivity index (χ2n) is 6.78. The van der Waals surface area contributed by atoms with E-state index in [2.05, 4.69) is 19.8 Å². The summed E-state index contributed by atoms with van der Waals surface area (Å²) in [6, 6.07) is 3.94. The third-order valence-electron chi connectivity index (χ3n) is 5.02. The fourth-order valence-electron chi connectivity index (χ4n) is 3.59. The fourth-order valence-corrected chi connectivity index (χ4v) is 4.37. The van der Waals surface area contributed by atoms with E-state index in [0.717, 1.165) is 48.8 Å². The monoisotopic (exact) mass is 409 g/mol. The molecule has 148 valence electrons. The standard InChI is InChI=1S/C19H19N7O2S/c20-16(27)14-11-22-18(29-14)15-13-3-5-26(12-2-1-4-21-10-12)17(13)24-19(23-15)25-6-8-28-9-7-25/h1-2,4,10-11H,3,5-9H2,(H2,20,27). The highest BCUT2D eigenvalue weighted by Gasteiger charge is 2.30. The van der Waals surface area contributed by atoms with Gasteiger partial charge in [-0.2, -0.15) is 4.98 Å². The molecule has 5 rings (SSSR count). The van der Waals surface area contributed by atoms with E-state index < -0.39 is 5.91 Å². The van der Waals surface area contributed by atoms with Gasteiger partial charge in [0, 0.05) is 31.4 Å². The van der Waals surface area contributed by atoms with E-state index in [4.69, 9.17) is 20.4 Å². The lowest BCUT2D eigenvalue weighted by Gasteiger charge is -2.28. The van der Waals surface area contributed by atoms with Crippen LogP contribution in [0.4, 0.5) is 17.5 Å². The minimum atomic E-state index is -0.482. The number of hydrogen-bond acceptors (Lipinski definition) is 9. The minimum absolute atomic E-state index is 0.419. The van der Waals surface area contributed by atoms with E-state index in [-0.39, 0.29) is 0 Å². The van der Waals surface area contributed by atoms with Gasteiger partial charge >= 0.3 is 0 Å². The minimum Gasteiger partial charge on any atom is -0.378 e. The Hall–Kier alpha value is -3.11. The van der Waals surface area contributed by atoms with Crippen LogP contribution >= 0.6 is 11.3 Å². The van der Waals surface area contributed by atoms with Gasteiger partial charge in [-0.15, -0.1) is 11.3 Å². The van der Waals surface area contributed by atoms with Crippen molar-refractivity contribution in [2.75, 3.05) is 42.6 Å². The number of rotatable bonds is 4. The van der Waals surface area contributed by atoms with Crippen molar-refractivity contribution in [3.05, 3.63) is 41.2 Å². The van der Waals surface area contributed by atoms with Gasteiger partial charge in [-0.25, -0.2) is 9.97 Å². The smallest absolute Gasteiger partial charge is 0.260 e. The molecule has 0 unspecified atom stereocenters. The third-order valence-corrected chi connectivity index (χ3v) is 6.04. The van der Waals surface area contributed by atoms with Crippen molar-refractivity contribution in [2.45, 2.75) is 6.42 Å². The quantitative estimate of drug-likeness (QED) is 0.692. The zero-order valence-electron chi connectivity index (χ0n) is 15.6. The fraction of sp³-hybridized carbons (Fsp3) is 0.316. The Bertz CT molecular complexity index is 1050. The van der Waals surface area contributed by atoms with E-state index in [1.165, 1.54) is 17.5 Å². The first kappa shape index (κ1) is 18.0. The van der Waals surface area contributed by atoms with Crippen LogP contribution < -0.4 is 15.5 Å². The number of amides is 1. The number of fused-ring (bicyclic) bond motifs is 1. The summed E-state index contributed by atoms with van der Waals surface area (Å²) in [6.45, 7) is 3.53. The molecule has 1 fully saturated rings. The molecule has 3 aromatic rings. The first-order chi connectivity index (χ1) is 14.2. The molecular formula is C19H19N7O2S. The van der Waals surface area contributed by atoms with Crippen molar-refractivity contribution in [1.82, 2.24) is 19.9 Å². The van der Waals surface area contributed by atoms with Crippen LogP contribution in [0.3, 0.4) is 0 Å². The molecule has 2 aliphatic heterocycles. The number of anilines is 3. The average molecular weight is 409 g/mol.